The van der Waals surface area contributed by atoms with Crippen LogP contribution in [0, 0.1) is 5.92 Å². The lowest BCUT2D eigenvalue weighted by Crippen LogP contribution is -2.31. The molecule has 2 aromatic heterocycles. The monoisotopic (exact) mass is 398 g/mol. The van der Waals surface area contributed by atoms with E-state index in [0.29, 0.717) is 24.6 Å². The zero-order valence-electron chi connectivity index (χ0n) is 16.6. The van der Waals surface area contributed by atoms with Gasteiger partial charge in [0.15, 0.2) is 0 Å². The Bertz CT molecular complexity index is 954. The van der Waals surface area contributed by atoms with Crippen LogP contribution in [0.2, 0.25) is 0 Å². The van der Waals surface area contributed by atoms with Gasteiger partial charge in [-0.1, -0.05) is 44.2 Å². The van der Waals surface area contributed by atoms with Crippen LogP contribution in [-0.4, -0.2) is 46.1 Å². The molecule has 0 aliphatic rings. The molecule has 148 valence electrons. The number of carboxylic acid groups (broad SMARTS) is 1. The molecule has 3 aromatic rings. The van der Waals surface area contributed by atoms with Gasteiger partial charge in [0.05, 0.1) is 11.9 Å². The number of carboxylic acids is 1. The Kier molecular flexibility index (Phi) is 6.26. The number of nitrogens with one attached hydrogen (secondary N) is 1. The second-order valence-electron chi connectivity index (χ2n) is 7.59. The summed E-state index contributed by atoms with van der Waals surface area (Å²) in [4.78, 5) is 24.1. The van der Waals surface area contributed by atoms with E-state index in [-0.39, 0.29) is 5.92 Å². The van der Waals surface area contributed by atoms with Crippen molar-refractivity contribution in [3.05, 3.63) is 41.5 Å². The number of nitrogens with zero attached hydrogens (tertiary/aromatic N) is 3. The second-order valence-corrected chi connectivity index (χ2v) is 8.44. The molecule has 0 saturated carbocycles. The first kappa shape index (κ1) is 20.2. The minimum atomic E-state index is -0.869. The van der Waals surface area contributed by atoms with Gasteiger partial charge < -0.3 is 15.3 Å². The van der Waals surface area contributed by atoms with Crippen molar-refractivity contribution in [2.24, 2.45) is 5.92 Å². The summed E-state index contributed by atoms with van der Waals surface area (Å²) in [5.41, 5.74) is 2.09. The van der Waals surface area contributed by atoms with Gasteiger partial charge in [-0.25, -0.2) is 14.8 Å². The molecule has 1 atom stereocenters. The van der Waals surface area contributed by atoms with Gasteiger partial charge in [-0.3, -0.25) is 0 Å². The normalized spacial score (nSPS) is 12.6. The molecule has 0 fully saturated rings. The molecule has 0 aliphatic carbocycles. The van der Waals surface area contributed by atoms with Crippen molar-refractivity contribution in [1.29, 1.82) is 0 Å². The van der Waals surface area contributed by atoms with Gasteiger partial charge in [0.2, 0.25) is 0 Å². The molecule has 1 aromatic carbocycles. The number of aromatic nitrogens is 2. The van der Waals surface area contributed by atoms with Crippen LogP contribution in [-0.2, 0) is 11.3 Å². The summed E-state index contributed by atoms with van der Waals surface area (Å²) in [5.74, 6) is 0.652. The summed E-state index contributed by atoms with van der Waals surface area (Å²) in [7, 11) is 3.92. The molecule has 0 amide bonds. The van der Waals surface area contributed by atoms with Gasteiger partial charge in [0.1, 0.15) is 22.5 Å². The number of carbonyl (C=O) groups is 1. The molecule has 28 heavy (non-hydrogen) atoms. The Morgan fingerprint density at radius 1 is 1.21 bits per heavy atom. The Morgan fingerprint density at radius 3 is 2.54 bits per heavy atom. The smallest absolute Gasteiger partial charge is 0.326 e. The standard InChI is InChI=1S/C21H26N4O2S/c1-13(2)10-16(21(26)27)22-19-18-15(14-8-6-5-7-9-14)12-28-20(18)24-17(23-19)11-25(3)4/h5-9,12-13,16H,10-11H2,1-4H3,(H,26,27)(H,22,23,24)/t16-/m0/s1. The number of aliphatic carboxylic acids is 1. The fourth-order valence-corrected chi connectivity index (χ4v) is 4.10. The fourth-order valence-electron chi connectivity index (χ4n) is 3.13. The van der Waals surface area contributed by atoms with Crippen molar-refractivity contribution in [3.63, 3.8) is 0 Å². The molecule has 0 unspecified atom stereocenters. The highest BCUT2D eigenvalue weighted by Crippen LogP contribution is 2.37. The Morgan fingerprint density at radius 2 is 1.93 bits per heavy atom. The van der Waals surface area contributed by atoms with Gasteiger partial charge in [-0.2, -0.15) is 0 Å². The van der Waals surface area contributed by atoms with E-state index in [4.69, 9.17) is 9.97 Å². The van der Waals surface area contributed by atoms with E-state index < -0.39 is 12.0 Å². The number of fused-ring (bicyclic) bond motifs is 1. The lowest BCUT2D eigenvalue weighted by molar-refractivity contribution is -0.138. The van der Waals surface area contributed by atoms with Crippen LogP contribution in [0.1, 0.15) is 26.1 Å². The van der Waals surface area contributed by atoms with Crippen molar-refractivity contribution in [1.82, 2.24) is 14.9 Å². The summed E-state index contributed by atoms with van der Waals surface area (Å²) in [6.45, 7) is 4.63. The molecular weight excluding hydrogens is 372 g/mol. The van der Waals surface area contributed by atoms with E-state index in [1.807, 2.05) is 63.2 Å². The molecular formula is C21H26N4O2S. The van der Waals surface area contributed by atoms with Crippen LogP contribution in [0.5, 0.6) is 0 Å². The first-order valence-electron chi connectivity index (χ1n) is 9.32. The molecule has 0 spiro atoms. The molecule has 7 heteroatoms. The highest BCUT2D eigenvalue weighted by Gasteiger charge is 2.23. The third-order valence-electron chi connectivity index (χ3n) is 4.34. The van der Waals surface area contributed by atoms with E-state index in [1.54, 1.807) is 11.3 Å². The zero-order valence-corrected chi connectivity index (χ0v) is 17.5. The number of thiophene rings is 1. The van der Waals surface area contributed by atoms with Gasteiger partial charge in [0.25, 0.3) is 0 Å². The van der Waals surface area contributed by atoms with Crippen molar-refractivity contribution in [2.45, 2.75) is 32.9 Å². The number of rotatable bonds is 8. The molecule has 0 radical (unpaired) electrons. The molecule has 2 N–H and O–H groups in total. The van der Waals surface area contributed by atoms with Crippen molar-refractivity contribution >= 4 is 33.3 Å². The van der Waals surface area contributed by atoms with E-state index in [2.05, 4.69) is 10.7 Å². The summed E-state index contributed by atoms with van der Waals surface area (Å²) < 4.78 is 0. The lowest BCUT2D eigenvalue weighted by Gasteiger charge is -2.19. The minimum absolute atomic E-state index is 0.253. The predicted molar refractivity (Wildman–Crippen MR) is 115 cm³/mol. The Hall–Kier alpha value is -2.51. The van der Waals surface area contributed by atoms with Crippen LogP contribution >= 0.6 is 11.3 Å². The van der Waals surface area contributed by atoms with Crippen LogP contribution in [0.15, 0.2) is 35.7 Å². The zero-order chi connectivity index (χ0) is 20.3. The van der Waals surface area contributed by atoms with Gasteiger partial charge >= 0.3 is 5.97 Å². The summed E-state index contributed by atoms with van der Waals surface area (Å²) in [6.07, 6.45) is 0.522. The molecule has 2 heterocycles. The second kappa shape index (κ2) is 8.67. The van der Waals surface area contributed by atoms with Crippen LogP contribution < -0.4 is 5.32 Å². The maximum absolute atomic E-state index is 11.8. The van der Waals surface area contributed by atoms with E-state index >= 15 is 0 Å². The summed E-state index contributed by atoms with van der Waals surface area (Å²) in [5, 5.41) is 15.8. The SMILES string of the molecule is CC(C)C[C@H](Nc1nc(CN(C)C)nc2scc(-c3ccccc3)c12)C(=O)O. The molecule has 6 nitrogen and oxygen atoms in total. The van der Waals surface area contributed by atoms with Gasteiger partial charge in [-0.15, -0.1) is 11.3 Å². The highest BCUT2D eigenvalue weighted by molar-refractivity contribution is 7.17. The van der Waals surface area contributed by atoms with Crippen molar-refractivity contribution in [2.75, 3.05) is 19.4 Å². The minimum Gasteiger partial charge on any atom is -0.480 e. The average Bonchev–Trinajstić information content (AvgIpc) is 3.05. The van der Waals surface area contributed by atoms with Crippen LogP contribution in [0.25, 0.3) is 21.3 Å². The molecule has 0 aliphatic heterocycles. The van der Waals surface area contributed by atoms with Gasteiger partial charge in [-0.05, 0) is 32.0 Å². The van der Waals surface area contributed by atoms with Crippen LogP contribution in [0.4, 0.5) is 5.82 Å². The molecule has 3 rings (SSSR count). The maximum Gasteiger partial charge on any atom is 0.326 e. The topological polar surface area (TPSA) is 78.4 Å². The quantitative estimate of drug-likeness (QED) is 0.588. The molecule has 0 bridgehead atoms. The largest absolute Gasteiger partial charge is 0.480 e. The Balaban J connectivity index is 2.13. The lowest BCUT2D eigenvalue weighted by atomic mass is 10.0. The predicted octanol–water partition coefficient (Wildman–Crippen LogP) is 4.33. The molecule has 0 saturated heterocycles. The first-order chi connectivity index (χ1) is 13.3. The fraction of sp³-hybridized carbons (Fsp3) is 0.381. The number of hydrogen-bond acceptors (Lipinski definition) is 6. The van der Waals surface area contributed by atoms with E-state index in [0.717, 1.165) is 21.3 Å². The average molecular weight is 399 g/mol. The third-order valence-corrected chi connectivity index (χ3v) is 5.21. The van der Waals surface area contributed by atoms with E-state index in [1.165, 1.54) is 0 Å². The van der Waals surface area contributed by atoms with E-state index in [9.17, 15) is 9.90 Å². The summed E-state index contributed by atoms with van der Waals surface area (Å²) in [6, 6.07) is 9.35. The van der Waals surface area contributed by atoms with Crippen molar-refractivity contribution in [3.8, 4) is 11.1 Å². The maximum atomic E-state index is 11.8. The number of anilines is 1. The first-order valence-corrected chi connectivity index (χ1v) is 10.2. The van der Waals surface area contributed by atoms with Gasteiger partial charge in [0, 0.05) is 10.9 Å². The highest BCUT2D eigenvalue weighted by atomic mass is 32.1. The third kappa shape index (κ3) is 4.66. The Labute approximate surface area is 169 Å². The summed E-state index contributed by atoms with van der Waals surface area (Å²) >= 11 is 1.56. The van der Waals surface area contributed by atoms with Crippen LogP contribution in [0.3, 0.4) is 0 Å². The van der Waals surface area contributed by atoms with Crippen molar-refractivity contribution < 1.29 is 9.90 Å². The number of hydrogen-bond donors (Lipinski definition) is 2. The number of benzene rings is 1.